The normalized spacial score (nSPS) is 22.1. The number of piperidine rings is 1. The largest absolute Gasteiger partial charge is 0.492 e. The van der Waals surface area contributed by atoms with Crippen molar-refractivity contribution in [1.29, 1.82) is 0 Å². The summed E-state index contributed by atoms with van der Waals surface area (Å²) in [5.74, 6) is -2.72. The molecule has 1 saturated heterocycles. The van der Waals surface area contributed by atoms with Gasteiger partial charge in [-0.15, -0.1) is 0 Å². The maximum Gasteiger partial charge on any atom is 0.492 e. The molecule has 2 aliphatic heterocycles. The Bertz CT molecular complexity index is 1300. The molecule has 2 heterocycles. The number of carbonyl (C=O) groups is 1. The molecule has 4 rings (SSSR count). The molecule has 212 valence electrons. The molecule has 0 radical (unpaired) electrons. The van der Waals surface area contributed by atoms with Crippen LogP contribution in [0.1, 0.15) is 25.8 Å². The van der Waals surface area contributed by atoms with Crippen LogP contribution in [0.25, 0.3) is 0 Å². The van der Waals surface area contributed by atoms with Crippen LogP contribution in [-0.4, -0.2) is 65.0 Å². The third-order valence-electron chi connectivity index (χ3n) is 6.17. The van der Waals surface area contributed by atoms with Gasteiger partial charge in [-0.2, -0.15) is 22.6 Å². The number of hydroxylamine groups is 3. The smallest absolute Gasteiger partial charge is 0.342 e. The molecule has 0 aromatic heterocycles. The van der Waals surface area contributed by atoms with Crippen LogP contribution in [0.15, 0.2) is 70.0 Å². The van der Waals surface area contributed by atoms with Gasteiger partial charge in [0.25, 0.3) is 10.0 Å². The van der Waals surface area contributed by atoms with E-state index in [-0.39, 0.29) is 9.76 Å². The minimum atomic E-state index is -5.46. The number of alkyl halides is 3. The molecule has 0 bridgehead atoms. The van der Waals surface area contributed by atoms with E-state index >= 15 is 0 Å². The number of carbonyl (C=O) groups excluding carboxylic acids is 1. The topological polar surface area (TPSA) is 91.8 Å². The van der Waals surface area contributed by atoms with Crippen LogP contribution in [0.2, 0.25) is 0 Å². The molecule has 15 heteroatoms. The van der Waals surface area contributed by atoms with Gasteiger partial charge in [0.05, 0.1) is 11.0 Å². The fourth-order valence-corrected chi connectivity index (χ4v) is 6.86. The third kappa shape index (κ3) is 6.87. The quantitative estimate of drug-likeness (QED) is 0.241. The first kappa shape index (κ1) is 29.6. The molecule has 0 N–H and O–H groups in total. The second-order valence-electron chi connectivity index (χ2n) is 9.64. The Hall–Kier alpha value is -2.36. The molecule has 2 unspecified atom stereocenters. The van der Waals surface area contributed by atoms with Crippen LogP contribution in [0.4, 0.5) is 13.2 Å². The van der Waals surface area contributed by atoms with Crippen LogP contribution in [-0.2, 0) is 31.0 Å². The van der Waals surface area contributed by atoms with Crippen molar-refractivity contribution >= 4 is 44.8 Å². The zero-order chi connectivity index (χ0) is 28.4. The number of sulfonamides is 1. The van der Waals surface area contributed by atoms with Gasteiger partial charge < -0.3 is 4.84 Å². The minimum absolute atomic E-state index is 0.0702. The second kappa shape index (κ2) is 11.6. The molecule has 2 aromatic rings. The highest BCUT2D eigenvalue weighted by atomic mass is 35.5. The van der Waals surface area contributed by atoms with Crippen LogP contribution in [0, 0.1) is 5.41 Å². The number of nitrogens with zero attached hydrogens (tertiary/aromatic N) is 4. The molecule has 39 heavy (non-hydrogen) atoms. The lowest BCUT2D eigenvalue weighted by atomic mass is 9.81. The molecule has 1 fully saturated rings. The standard InChI is InChI=1S/C24H26ClF3N4O5S2/c1-23(2)16-30(15-17-9-5-3-6-10-17)14-13-19(23)36-31-21(25)29-38-22(31)32(37-20(33)24(26,27)28)39(34,35)18-11-7-4-8-12-18/h3-12,19,22H,13-16H2,1-2H3. The Kier molecular flexibility index (Phi) is 8.83. The van der Waals surface area contributed by atoms with Gasteiger partial charge in [0.1, 0.15) is 0 Å². The summed E-state index contributed by atoms with van der Waals surface area (Å²) in [7, 11) is -4.80. The first-order valence-corrected chi connectivity index (χ1v) is 14.4. The lowest BCUT2D eigenvalue weighted by Gasteiger charge is -2.45. The molecular formula is C24H26ClF3N4O5S2. The first-order chi connectivity index (χ1) is 18.3. The average molecular weight is 607 g/mol. The fourth-order valence-electron chi connectivity index (χ4n) is 4.28. The van der Waals surface area contributed by atoms with Crippen molar-refractivity contribution in [3.8, 4) is 0 Å². The summed E-state index contributed by atoms with van der Waals surface area (Å²) in [5, 5.41) is 0.555. The van der Waals surface area contributed by atoms with Gasteiger partial charge >= 0.3 is 12.1 Å². The van der Waals surface area contributed by atoms with Gasteiger partial charge in [0, 0.05) is 41.5 Å². The third-order valence-corrected chi connectivity index (χ3v) is 9.12. The zero-order valence-corrected chi connectivity index (χ0v) is 23.3. The monoisotopic (exact) mass is 606 g/mol. The van der Waals surface area contributed by atoms with E-state index < -0.39 is 44.1 Å². The lowest BCUT2D eigenvalue weighted by molar-refractivity contribution is -0.256. The van der Waals surface area contributed by atoms with Crippen LogP contribution in [0.5, 0.6) is 0 Å². The Morgan fingerprint density at radius 1 is 1.15 bits per heavy atom. The van der Waals surface area contributed by atoms with Gasteiger partial charge in [-0.1, -0.05) is 62.4 Å². The van der Waals surface area contributed by atoms with E-state index in [9.17, 15) is 26.4 Å². The van der Waals surface area contributed by atoms with Gasteiger partial charge in [-0.05, 0) is 35.7 Å². The van der Waals surface area contributed by atoms with Gasteiger partial charge in [-0.3, -0.25) is 9.74 Å². The van der Waals surface area contributed by atoms with Gasteiger partial charge in [-0.25, -0.2) is 13.2 Å². The molecular weight excluding hydrogens is 581 g/mol. The van der Waals surface area contributed by atoms with Crippen molar-refractivity contribution < 1.29 is 36.1 Å². The molecule has 0 aliphatic carbocycles. The van der Waals surface area contributed by atoms with Gasteiger partial charge in [0.15, 0.2) is 0 Å². The van der Waals surface area contributed by atoms with Crippen LogP contribution in [0.3, 0.4) is 0 Å². The number of amidine groups is 1. The maximum absolute atomic E-state index is 13.4. The van der Waals surface area contributed by atoms with Crippen molar-refractivity contribution in [2.24, 2.45) is 9.81 Å². The summed E-state index contributed by atoms with van der Waals surface area (Å²) in [5.41, 5.74) is -1.02. The van der Waals surface area contributed by atoms with Crippen molar-refractivity contribution in [1.82, 2.24) is 14.4 Å². The van der Waals surface area contributed by atoms with Crippen molar-refractivity contribution in [2.45, 2.75) is 49.5 Å². The van der Waals surface area contributed by atoms with Crippen molar-refractivity contribution in [3.05, 3.63) is 66.2 Å². The molecule has 2 atom stereocenters. The van der Waals surface area contributed by atoms with E-state index in [0.717, 1.165) is 29.3 Å². The molecule has 0 spiro atoms. The van der Waals surface area contributed by atoms with E-state index in [0.29, 0.717) is 31.5 Å². The van der Waals surface area contributed by atoms with E-state index in [1.54, 1.807) is 0 Å². The van der Waals surface area contributed by atoms with Gasteiger partial charge in [0.2, 0.25) is 10.8 Å². The van der Waals surface area contributed by atoms with E-state index in [4.69, 9.17) is 16.4 Å². The predicted molar refractivity (Wildman–Crippen MR) is 139 cm³/mol. The SMILES string of the molecule is CC1(C)CN(Cc2ccccc2)CCC1ON1C(Cl)=NSC1N(OC(=O)C(F)(F)F)S(=O)(=O)c1ccccc1. The summed E-state index contributed by atoms with van der Waals surface area (Å²) < 4.78 is 69.9. The van der Waals surface area contributed by atoms with Crippen molar-refractivity contribution in [2.75, 3.05) is 13.1 Å². The maximum atomic E-state index is 13.4. The minimum Gasteiger partial charge on any atom is -0.342 e. The number of likely N-dealkylation sites (tertiary alicyclic amines) is 1. The highest BCUT2D eigenvalue weighted by Crippen LogP contribution is 2.39. The zero-order valence-electron chi connectivity index (χ0n) is 20.9. The Morgan fingerprint density at radius 3 is 2.36 bits per heavy atom. The lowest BCUT2D eigenvalue weighted by Crippen LogP contribution is -2.55. The van der Waals surface area contributed by atoms with E-state index in [1.165, 1.54) is 18.2 Å². The summed E-state index contributed by atoms with van der Waals surface area (Å²) in [6, 6.07) is 16.5. The van der Waals surface area contributed by atoms with Crippen LogP contribution >= 0.6 is 23.5 Å². The van der Waals surface area contributed by atoms with Crippen LogP contribution < -0.4 is 0 Å². The van der Waals surface area contributed by atoms with E-state index in [1.807, 2.05) is 44.2 Å². The van der Waals surface area contributed by atoms with Crippen molar-refractivity contribution in [3.63, 3.8) is 0 Å². The highest BCUT2D eigenvalue weighted by Gasteiger charge is 2.51. The molecule has 2 aliphatic rings. The first-order valence-electron chi connectivity index (χ1n) is 11.8. The molecule has 0 saturated carbocycles. The summed E-state index contributed by atoms with van der Waals surface area (Å²) in [6.45, 7) is 5.89. The average Bonchev–Trinajstić information content (AvgIpc) is 3.23. The predicted octanol–water partition coefficient (Wildman–Crippen LogP) is 4.77. The second-order valence-corrected chi connectivity index (χ2v) is 12.6. The molecule has 0 amide bonds. The number of halogens is 4. The Labute approximate surface area is 233 Å². The fraction of sp³-hybridized carbons (Fsp3) is 0.417. The number of benzene rings is 2. The van der Waals surface area contributed by atoms with E-state index in [2.05, 4.69) is 14.1 Å². The molecule has 2 aromatic carbocycles. The Balaban J connectivity index is 1.56. The summed E-state index contributed by atoms with van der Waals surface area (Å²) in [6.07, 6.45) is -5.47. The number of rotatable bonds is 8. The summed E-state index contributed by atoms with van der Waals surface area (Å²) in [4.78, 5) is 24.2. The number of hydrogen-bond acceptors (Lipinski definition) is 9. The molecule has 9 nitrogen and oxygen atoms in total. The summed E-state index contributed by atoms with van der Waals surface area (Å²) >= 11 is 6.70. The highest BCUT2D eigenvalue weighted by molar-refractivity contribution is 8.00. The Morgan fingerprint density at radius 2 is 1.77 bits per heavy atom. The number of hydrogen-bond donors (Lipinski definition) is 0.